The summed E-state index contributed by atoms with van der Waals surface area (Å²) in [4.78, 5) is 2.35. The van der Waals surface area contributed by atoms with E-state index in [0.717, 1.165) is 18.9 Å². The van der Waals surface area contributed by atoms with Crippen LogP contribution in [-0.4, -0.2) is 47.3 Å². The minimum absolute atomic E-state index is 0.115. The number of benzene rings is 3. The van der Waals surface area contributed by atoms with Crippen LogP contribution in [0.5, 0.6) is 11.5 Å². The van der Waals surface area contributed by atoms with Gasteiger partial charge in [0, 0.05) is 25.2 Å². The molecule has 1 atom stereocenters. The zero-order chi connectivity index (χ0) is 40.6. The van der Waals surface area contributed by atoms with E-state index in [0.29, 0.717) is 11.3 Å². The van der Waals surface area contributed by atoms with Gasteiger partial charge in [0.25, 0.3) is 0 Å². The van der Waals surface area contributed by atoms with Gasteiger partial charge in [-0.2, -0.15) is 0 Å². The van der Waals surface area contributed by atoms with Crippen LogP contribution in [0.4, 0.5) is 5.69 Å². The molecule has 3 aliphatic rings. The summed E-state index contributed by atoms with van der Waals surface area (Å²) in [5.41, 5.74) is 10.9. The predicted molar refractivity (Wildman–Crippen MR) is 240 cm³/mol. The van der Waals surface area contributed by atoms with Crippen LogP contribution in [0.1, 0.15) is 104 Å². The Bertz CT molecular complexity index is 1760. The second kappa shape index (κ2) is 21.6. The van der Waals surface area contributed by atoms with Crippen molar-refractivity contribution in [1.29, 1.82) is 0 Å². The maximum absolute atomic E-state index is 8.91. The van der Waals surface area contributed by atoms with Gasteiger partial charge in [0.05, 0.1) is 7.85 Å². The van der Waals surface area contributed by atoms with Crippen LogP contribution in [0.2, 0.25) is 6.82 Å². The Morgan fingerprint density at radius 1 is 0.815 bits per heavy atom. The largest absolute Gasteiger partial charge is 0.509 e. The van der Waals surface area contributed by atoms with E-state index in [1.54, 1.807) is 11.1 Å². The van der Waals surface area contributed by atoms with Crippen LogP contribution in [0.3, 0.4) is 0 Å². The van der Waals surface area contributed by atoms with Gasteiger partial charge in [-0.05, 0) is 83.0 Å². The van der Waals surface area contributed by atoms with E-state index in [9.17, 15) is 0 Å². The molecular formula is C48H62B3NO2. The molecule has 2 N–H and O–H groups in total. The second-order valence-corrected chi connectivity index (χ2v) is 15.4. The highest BCUT2D eigenvalue weighted by Gasteiger charge is 2.33. The lowest BCUT2D eigenvalue weighted by molar-refractivity contribution is 0.467. The van der Waals surface area contributed by atoms with E-state index in [2.05, 4.69) is 171 Å². The molecule has 3 nitrogen and oxygen atoms in total. The van der Waals surface area contributed by atoms with Crippen molar-refractivity contribution in [2.75, 3.05) is 18.5 Å². The van der Waals surface area contributed by atoms with Crippen molar-refractivity contribution in [2.24, 2.45) is 5.41 Å². The quantitative estimate of drug-likeness (QED) is 0.209. The third-order valence-electron chi connectivity index (χ3n) is 9.81. The Balaban J connectivity index is 0.000000317. The standard InChI is InChI=1S/C27H33N.C12H16.C6H4B2O2.C2H6.CH3B/c1-21-11-10-12-22(19-26(21)27(2,3)4)20-28(5)25-17-15-24(16-18-25)23-13-8-6-7-9-14-23;1-9-8-12(2,3)11-7-5-4-6-10(9)11;7-3-1-5(9)4(8)2-6(3)10;2*1-2/h6-18,23H,19-20H2,1-5H3;4-7,9H,8H2,1-3H3;1-2,9-10H;1-2H3;1H3. The monoisotopic (exact) mass is 718 g/mol. The van der Waals surface area contributed by atoms with Gasteiger partial charge in [-0.3, -0.25) is 0 Å². The number of phenolic OH excluding ortho intramolecular Hbond substituents is 2. The number of phenols is 2. The zero-order valence-electron chi connectivity index (χ0n) is 34.8. The van der Waals surface area contributed by atoms with Crippen molar-refractivity contribution in [2.45, 2.75) is 99.2 Å². The minimum Gasteiger partial charge on any atom is -0.509 e. The van der Waals surface area contributed by atoms with Crippen LogP contribution in [0.25, 0.3) is 0 Å². The van der Waals surface area contributed by atoms with E-state index in [1.807, 2.05) is 13.8 Å². The average Bonchev–Trinajstić information content (AvgIpc) is 3.39. The number of allylic oxidation sites excluding steroid dienone is 11. The molecule has 0 spiro atoms. The lowest BCUT2D eigenvalue weighted by Crippen LogP contribution is -2.22. The fourth-order valence-electron chi connectivity index (χ4n) is 7.09. The highest BCUT2D eigenvalue weighted by Crippen LogP contribution is 2.45. The number of rotatable bonds is 4. The van der Waals surface area contributed by atoms with Crippen molar-refractivity contribution in [3.63, 3.8) is 0 Å². The van der Waals surface area contributed by atoms with Gasteiger partial charge >= 0.3 is 0 Å². The van der Waals surface area contributed by atoms with Crippen molar-refractivity contribution in [1.82, 2.24) is 0 Å². The normalized spacial score (nSPS) is 16.7. The molecule has 0 bridgehead atoms. The maximum Gasteiger partial charge on any atom is 0.119 e. The molecule has 6 heteroatoms. The summed E-state index contributed by atoms with van der Waals surface area (Å²) in [5.74, 6) is 0.869. The van der Waals surface area contributed by atoms with Crippen LogP contribution >= 0.6 is 0 Å². The average molecular weight is 717 g/mol. The molecule has 280 valence electrons. The summed E-state index contributed by atoms with van der Waals surface area (Å²) in [6.07, 6.45) is 22.0. The lowest BCUT2D eigenvalue weighted by Gasteiger charge is -2.28. The fourth-order valence-corrected chi connectivity index (χ4v) is 7.09. The van der Waals surface area contributed by atoms with Crippen molar-refractivity contribution >= 4 is 40.2 Å². The first-order valence-electron chi connectivity index (χ1n) is 19.2. The minimum atomic E-state index is -0.115. The van der Waals surface area contributed by atoms with Gasteiger partial charge in [0.1, 0.15) is 27.2 Å². The lowest BCUT2D eigenvalue weighted by atomic mass is 9.80. The number of hydrogen-bond donors (Lipinski definition) is 2. The first kappa shape index (κ1) is 45.9. The van der Waals surface area contributed by atoms with Crippen molar-refractivity contribution in [3.05, 3.63) is 149 Å². The SMILES string of the molecule is CC.CC1=C(C(C)(C)C)CC(CN(C)c2ccc(C3C=CC=CC=C3)cc2)=CC=C1.CC1CC(C)(C)c2ccccc21.[B]C.[B]c1cc(O)c([B])cc1O. The maximum atomic E-state index is 8.91. The Hall–Kier alpha value is -4.31. The van der Waals surface area contributed by atoms with E-state index in [1.165, 1.54) is 53.3 Å². The smallest absolute Gasteiger partial charge is 0.119 e. The van der Waals surface area contributed by atoms with Gasteiger partial charge < -0.3 is 15.1 Å². The Morgan fingerprint density at radius 3 is 1.87 bits per heavy atom. The second-order valence-electron chi connectivity index (χ2n) is 15.4. The first-order valence-corrected chi connectivity index (χ1v) is 19.2. The molecule has 6 radical (unpaired) electrons. The number of fused-ring (bicyclic) bond motifs is 1. The number of hydrogen-bond acceptors (Lipinski definition) is 3. The molecule has 3 aromatic carbocycles. The third kappa shape index (κ3) is 13.2. The molecule has 0 saturated carbocycles. The molecule has 3 aromatic rings. The number of likely N-dealkylation sites (N-methyl/N-ethyl adjacent to an activating group) is 1. The molecule has 54 heavy (non-hydrogen) atoms. The number of aromatic hydroxyl groups is 2. The Morgan fingerprint density at radius 2 is 1.35 bits per heavy atom. The highest BCUT2D eigenvalue weighted by atomic mass is 16.3. The Labute approximate surface area is 332 Å². The summed E-state index contributed by atoms with van der Waals surface area (Å²) in [7, 11) is 17.1. The summed E-state index contributed by atoms with van der Waals surface area (Å²) >= 11 is 0. The molecule has 0 heterocycles. The van der Waals surface area contributed by atoms with Crippen LogP contribution in [-0.2, 0) is 5.41 Å². The molecule has 0 fully saturated rings. The molecule has 0 aliphatic heterocycles. The van der Waals surface area contributed by atoms with Crippen molar-refractivity contribution in [3.8, 4) is 11.5 Å². The number of nitrogens with zero attached hydrogens (tertiary/aromatic N) is 1. The molecule has 6 rings (SSSR count). The zero-order valence-corrected chi connectivity index (χ0v) is 34.8. The van der Waals surface area contributed by atoms with Gasteiger partial charge in [-0.15, -0.1) is 0 Å². The highest BCUT2D eigenvalue weighted by molar-refractivity contribution is 6.38. The molecule has 0 saturated heterocycles. The summed E-state index contributed by atoms with van der Waals surface area (Å²) in [5, 5.41) is 17.8. The van der Waals surface area contributed by atoms with E-state index < -0.39 is 0 Å². The van der Waals surface area contributed by atoms with Gasteiger partial charge in [-0.1, -0.05) is 175 Å². The molecule has 0 aromatic heterocycles. The molecule has 0 amide bonds. The molecule has 1 unspecified atom stereocenters. The van der Waals surface area contributed by atoms with Gasteiger partial charge in [0.2, 0.25) is 0 Å². The summed E-state index contributed by atoms with van der Waals surface area (Å²) < 4.78 is 0. The van der Waals surface area contributed by atoms with Gasteiger partial charge in [-0.25, -0.2) is 0 Å². The van der Waals surface area contributed by atoms with Crippen LogP contribution in [0, 0.1) is 5.41 Å². The van der Waals surface area contributed by atoms with Crippen molar-refractivity contribution < 1.29 is 10.2 Å². The fraction of sp³-hybridized carbons (Fsp3) is 0.375. The van der Waals surface area contributed by atoms with Crippen LogP contribution < -0.4 is 15.8 Å². The first-order chi connectivity index (χ1) is 25.6. The number of anilines is 1. The Kier molecular flexibility index (Phi) is 18.3. The molecule has 3 aliphatic carbocycles. The molecular weight excluding hydrogens is 655 g/mol. The summed E-state index contributed by atoms with van der Waals surface area (Å²) in [6, 6.07) is 20.2. The topological polar surface area (TPSA) is 43.7 Å². The summed E-state index contributed by atoms with van der Waals surface area (Å²) in [6.45, 7) is 22.6. The third-order valence-corrected chi connectivity index (χ3v) is 9.81. The predicted octanol–water partition coefficient (Wildman–Crippen LogP) is 10.5. The van der Waals surface area contributed by atoms with Crippen LogP contribution in [0.15, 0.2) is 132 Å². The van der Waals surface area contributed by atoms with Gasteiger partial charge in [0.15, 0.2) is 0 Å². The van der Waals surface area contributed by atoms with E-state index in [4.69, 9.17) is 25.9 Å². The van der Waals surface area contributed by atoms with E-state index >= 15 is 0 Å². The van der Waals surface area contributed by atoms with E-state index in [-0.39, 0.29) is 27.8 Å².